The van der Waals surface area contributed by atoms with E-state index >= 15 is 0 Å². The molecule has 0 saturated carbocycles. The Hall–Kier alpha value is -2.35. The molecule has 0 radical (unpaired) electrons. The minimum absolute atomic E-state index is 0.0579. The van der Waals surface area contributed by atoms with E-state index in [9.17, 15) is 14.0 Å². The summed E-state index contributed by atoms with van der Waals surface area (Å²) < 4.78 is 13.9. The van der Waals surface area contributed by atoms with Crippen molar-refractivity contribution in [1.82, 2.24) is 10.2 Å². The number of rotatable bonds is 7. The third-order valence-electron chi connectivity index (χ3n) is 4.33. The number of para-hydroxylation sites is 1. The summed E-state index contributed by atoms with van der Waals surface area (Å²) in [4.78, 5) is 26.0. The molecular weight excluding hydrogens is 355 g/mol. The highest BCUT2D eigenvalue weighted by Gasteiger charge is 2.36. The average molecular weight is 376 g/mol. The molecule has 8 heteroatoms. The molecule has 0 aliphatic carbocycles. The molecule has 1 unspecified atom stereocenters. The summed E-state index contributed by atoms with van der Waals surface area (Å²) in [5.74, 6) is -1.54. The number of amides is 2. The van der Waals surface area contributed by atoms with Crippen molar-refractivity contribution in [3.63, 3.8) is 0 Å². The van der Waals surface area contributed by atoms with E-state index in [1.54, 1.807) is 18.2 Å². The zero-order valence-corrected chi connectivity index (χ0v) is 15.4. The van der Waals surface area contributed by atoms with Crippen molar-refractivity contribution >= 4 is 34.0 Å². The minimum atomic E-state index is -0.533. The second kappa shape index (κ2) is 8.35. The molecule has 1 saturated heterocycles. The first-order chi connectivity index (χ1) is 12.6. The van der Waals surface area contributed by atoms with Gasteiger partial charge in [-0.05, 0) is 18.6 Å². The fraction of sp³-hybridized carbons (Fsp3) is 0.444. The van der Waals surface area contributed by atoms with Crippen LogP contribution in [0.25, 0.3) is 0 Å². The SMILES string of the molecule is CCCCCc1nnc(NC(=O)C2CC(=O)N(c3ccccc3F)C2)s1. The third kappa shape index (κ3) is 4.24. The number of benzene rings is 1. The van der Waals surface area contributed by atoms with Gasteiger partial charge in [-0.15, -0.1) is 10.2 Å². The lowest BCUT2D eigenvalue weighted by atomic mass is 10.1. The van der Waals surface area contributed by atoms with E-state index in [1.165, 1.54) is 22.3 Å². The summed E-state index contributed by atoms with van der Waals surface area (Å²) in [5, 5.41) is 12.1. The highest BCUT2D eigenvalue weighted by molar-refractivity contribution is 7.15. The Balaban J connectivity index is 1.59. The molecule has 1 aromatic carbocycles. The number of nitrogens with one attached hydrogen (secondary N) is 1. The summed E-state index contributed by atoms with van der Waals surface area (Å²) in [5.41, 5.74) is 0.210. The van der Waals surface area contributed by atoms with Crippen LogP contribution in [-0.2, 0) is 16.0 Å². The van der Waals surface area contributed by atoms with E-state index in [2.05, 4.69) is 22.4 Å². The summed E-state index contributed by atoms with van der Waals surface area (Å²) in [7, 11) is 0. The van der Waals surface area contributed by atoms with Crippen molar-refractivity contribution in [2.45, 2.75) is 39.0 Å². The van der Waals surface area contributed by atoms with Crippen LogP contribution < -0.4 is 10.2 Å². The summed E-state index contributed by atoms with van der Waals surface area (Å²) in [6, 6.07) is 6.08. The van der Waals surface area contributed by atoms with Crippen LogP contribution in [0.3, 0.4) is 0 Å². The van der Waals surface area contributed by atoms with Gasteiger partial charge in [0.25, 0.3) is 0 Å². The summed E-state index contributed by atoms with van der Waals surface area (Å²) >= 11 is 1.36. The average Bonchev–Trinajstić information content (AvgIpc) is 3.22. The first kappa shape index (κ1) is 18.4. The van der Waals surface area contributed by atoms with Crippen LogP contribution >= 0.6 is 11.3 Å². The fourth-order valence-electron chi connectivity index (χ4n) is 2.93. The van der Waals surface area contributed by atoms with Gasteiger partial charge in [-0.2, -0.15) is 0 Å². The maximum atomic E-state index is 13.9. The second-order valence-electron chi connectivity index (χ2n) is 6.30. The van der Waals surface area contributed by atoms with Crippen molar-refractivity contribution in [3.05, 3.63) is 35.1 Å². The van der Waals surface area contributed by atoms with Crippen molar-refractivity contribution < 1.29 is 14.0 Å². The van der Waals surface area contributed by atoms with Crippen LogP contribution in [0, 0.1) is 11.7 Å². The number of anilines is 2. The molecule has 138 valence electrons. The number of carbonyl (C=O) groups excluding carboxylic acids is 2. The van der Waals surface area contributed by atoms with Gasteiger partial charge in [0.05, 0.1) is 11.6 Å². The predicted molar refractivity (Wildman–Crippen MR) is 98.6 cm³/mol. The molecule has 1 N–H and O–H groups in total. The molecule has 0 spiro atoms. The van der Waals surface area contributed by atoms with E-state index in [-0.39, 0.29) is 30.5 Å². The van der Waals surface area contributed by atoms with Crippen LogP contribution in [0.1, 0.15) is 37.6 Å². The van der Waals surface area contributed by atoms with Crippen LogP contribution in [0.4, 0.5) is 15.2 Å². The van der Waals surface area contributed by atoms with Gasteiger partial charge in [-0.3, -0.25) is 9.59 Å². The highest BCUT2D eigenvalue weighted by atomic mass is 32.1. The van der Waals surface area contributed by atoms with Gasteiger partial charge < -0.3 is 10.2 Å². The normalized spacial score (nSPS) is 16.9. The van der Waals surface area contributed by atoms with E-state index in [4.69, 9.17) is 0 Å². The number of aromatic nitrogens is 2. The minimum Gasteiger partial charge on any atom is -0.309 e. The Kier molecular flexibility index (Phi) is 5.92. The summed E-state index contributed by atoms with van der Waals surface area (Å²) in [6.07, 6.45) is 4.23. The van der Waals surface area contributed by atoms with Gasteiger partial charge in [-0.1, -0.05) is 43.2 Å². The van der Waals surface area contributed by atoms with Crippen LogP contribution in [-0.4, -0.2) is 28.6 Å². The van der Waals surface area contributed by atoms with Crippen molar-refractivity contribution in [1.29, 1.82) is 0 Å². The van der Waals surface area contributed by atoms with E-state index in [0.29, 0.717) is 5.13 Å². The molecule has 2 amide bonds. The highest BCUT2D eigenvalue weighted by Crippen LogP contribution is 2.28. The first-order valence-corrected chi connectivity index (χ1v) is 9.58. The Morgan fingerprint density at radius 3 is 2.92 bits per heavy atom. The monoisotopic (exact) mass is 376 g/mol. The Morgan fingerprint density at radius 1 is 1.35 bits per heavy atom. The molecule has 1 atom stereocenters. The van der Waals surface area contributed by atoms with E-state index in [1.807, 2.05) is 0 Å². The molecule has 1 aromatic heterocycles. The molecule has 2 aromatic rings. The van der Waals surface area contributed by atoms with Gasteiger partial charge >= 0.3 is 0 Å². The molecule has 3 rings (SSSR count). The molecule has 26 heavy (non-hydrogen) atoms. The quantitative estimate of drug-likeness (QED) is 0.752. The van der Waals surface area contributed by atoms with Gasteiger partial charge in [0, 0.05) is 19.4 Å². The largest absolute Gasteiger partial charge is 0.309 e. The predicted octanol–water partition coefficient (Wildman–Crippen LogP) is 3.40. The number of hydrogen-bond acceptors (Lipinski definition) is 5. The van der Waals surface area contributed by atoms with Crippen molar-refractivity contribution in [3.8, 4) is 0 Å². The maximum absolute atomic E-state index is 13.9. The lowest BCUT2D eigenvalue weighted by molar-refractivity contribution is -0.122. The van der Waals surface area contributed by atoms with Crippen LogP contribution in [0.5, 0.6) is 0 Å². The lowest BCUT2D eigenvalue weighted by Crippen LogP contribution is -2.28. The van der Waals surface area contributed by atoms with Crippen LogP contribution in [0.2, 0.25) is 0 Å². The smallest absolute Gasteiger partial charge is 0.231 e. The van der Waals surface area contributed by atoms with Gasteiger partial charge in [0.1, 0.15) is 10.8 Å². The summed E-state index contributed by atoms with van der Waals surface area (Å²) in [6.45, 7) is 2.30. The zero-order valence-electron chi connectivity index (χ0n) is 14.6. The lowest BCUT2D eigenvalue weighted by Gasteiger charge is -2.17. The Labute approximate surface area is 155 Å². The fourth-order valence-corrected chi connectivity index (χ4v) is 3.71. The van der Waals surface area contributed by atoms with Gasteiger partial charge in [0.15, 0.2) is 0 Å². The van der Waals surface area contributed by atoms with Gasteiger partial charge in [0.2, 0.25) is 16.9 Å². The maximum Gasteiger partial charge on any atom is 0.231 e. The molecule has 1 aliphatic rings. The number of carbonyl (C=O) groups is 2. The Bertz CT molecular complexity index is 795. The molecule has 0 bridgehead atoms. The zero-order chi connectivity index (χ0) is 18.5. The number of nitrogens with zero attached hydrogens (tertiary/aromatic N) is 3. The number of halogens is 1. The van der Waals surface area contributed by atoms with Crippen molar-refractivity contribution in [2.24, 2.45) is 5.92 Å². The number of hydrogen-bond donors (Lipinski definition) is 1. The molecular formula is C18H21FN4O2S. The molecule has 6 nitrogen and oxygen atoms in total. The van der Waals surface area contributed by atoms with E-state index in [0.717, 1.165) is 30.7 Å². The van der Waals surface area contributed by atoms with Crippen LogP contribution in [0.15, 0.2) is 24.3 Å². The number of aryl methyl sites for hydroxylation is 1. The molecule has 1 fully saturated rings. The second-order valence-corrected chi connectivity index (χ2v) is 7.37. The standard InChI is InChI=1S/C18H21FN4O2S/c1-2-3-4-9-15-21-22-18(26-15)20-17(25)12-10-16(24)23(11-12)14-8-6-5-7-13(14)19/h5-8,12H,2-4,9-11H2,1H3,(H,20,22,25). The molecule has 1 aliphatic heterocycles. The van der Waals surface area contributed by atoms with Crippen molar-refractivity contribution in [2.75, 3.05) is 16.8 Å². The topological polar surface area (TPSA) is 75.2 Å². The Morgan fingerprint density at radius 2 is 2.15 bits per heavy atom. The number of unbranched alkanes of at least 4 members (excludes halogenated alkanes) is 2. The van der Waals surface area contributed by atoms with Gasteiger partial charge in [-0.25, -0.2) is 4.39 Å². The first-order valence-electron chi connectivity index (χ1n) is 8.76. The third-order valence-corrected chi connectivity index (χ3v) is 5.23. The van der Waals surface area contributed by atoms with E-state index < -0.39 is 11.7 Å². The molecule has 2 heterocycles.